The van der Waals surface area contributed by atoms with Crippen LogP contribution in [-0.4, -0.2) is 20.5 Å². The predicted octanol–water partition coefficient (Wildman–Crippen LogP) is 4.87. The van der Waals surface area contributed by atoms with Gasteiger partial charge in [0.05, 0.1) is 24.2 Å². The first-order chi connectivity index (χ1) is 13.8. The van der Waals surface area contributed by atoms with E-state index in [9.17, 15) is 4.79 Å². The third-order valence-corrected chi connectivity index (χ3v) is 4.91. The van der Waals surface area contributed by atoms with Crippen molar-refractivity contribution in [3.63, 3.8) is 0 Å². The molecule has 4 rings (SSSR count). The Morgan fingerprint density at radius 1 is 1.17 bits per heavy atom. The molecular weight excluding hydrogens is 388 g/mol. The van der Waals surface area contributed by atoms with Gasteiger partial charge in [0.1, 0.15) is 11.5 Å². The molecule has 148 valence electrons. The summed E-state index contributed by atoms with van der Waals surface area (Å²) in [4.78, 5) is 17.3. The molecule has 0 bridgehead atoms. The Morgan fingerprint density at radius 2 is 1.97 bits per heavy atom. The molecular formula is C22H21ClN4O2. The van der Waals surface area contributed by atoms with Gasteiger partial charge in [-0.3, -0.25) is 4.79 Å². The Morgan fingerprint density at radius 3 is 2.66 bits per heavy atom. The maximum atomic E-state index is 12.8. The van der Waals surface area contributed by atoms with Gasteiger partial charge >= 0.3 is 0 Å². The number of rotatable bonds is 4. The van der Waals surface area contributed by atoms with Gasteiger partial charge in [-0.15, -0.1) is 0 Å². The van der Waals surface area contributed by atoms with Crippen molar-refractivity contribution in [2.45, 2.75) is 32.7 Å². The van der Waals surface area contributed by atoms with Crippen LogP contribution in [0.1, 0.15) is 42.7 Å². The number of hydrogen-bond acceptors (Lipinski definition) is 4. The molecule has 1 amide bonds. The fraction of sp³-hybridized carbons (Fsp3) is 0.227. The maximum Gasteiger partial charge on any atom is 0.270 e. The highest BCUT2D eigenvalue weighted by Crippen LogP contribution is 2.30. The second-order valence-electron chi connectivity index (χ2n) is 7.82. The van der Waals surface area contributed by atoms with E-state index in [0.717, 1.165) is 11.3 Å². The molecule has 0 aliphatic heterocycles. The lowest BCUT2D eigenvalue weighted by Gasteiger charge is -2.14. The van der Waals surface area contributed by atoms with Gasteiger partial charge in [-0.25, -0.2) is 9.50 Å². The lowest BCUT2D eigenvalue weighted by molar-refractivity contribution is 0.0943. The molecule has 0 radical (unpaired) electrons. The SMILES string of the molecule is CC(C)(C)c1cc2nc(C(=O)NCc3ccco3)cc(-c3ccccc3Cl)n2n1. The van der Waals surface area contributed by atoms with E-state index in [-0.39, 0.29) is 17.9 Å². The van der Waals surface area contributed by atoms with Crippen molar-refractivity contribution in [3.8, 4) is 11.3 Å². The summed E-state index contributed by atoms with van der Waals surface area (Å²) >= 11 is 6.44. The van der Waals surface area contributed by atoms with Crippen LogP contribution in [0.4, 0.5) is 0 Å². The lowest BCUT2D eigenvalue weighted by Crippen LogP contribution is -2.24. The van der Waals surface area contributed by atoms with Crippen LogP contribution >= 0.6 is 11.6 Å². The summed E-state index contributed by atoms with van der Waals surface area (Å²) in [7, 11) is 0. The molecule has 0 spiro atoms. The zero-order valence-electron chi connectivity index (χ0n) is 16.4. The Hall–Kier alpha value is -3.12. The van der Waals surface area contributed by atoms with Crippen LogP contribution in [0.15, 0.2) is 59.2 Å². The minimum absolute atomic E-state index is 0.160. The van der Waals surface area contributed by atoms with E-state index in [2.05, 4.69) is 31.1 Å². The van der Waals surface area contributed by atoms with Crippen molar-refractivity contribution < 1.29 is 9.21 Å². The number of aromatic nitrogens is 3. The van der Waals surface area contributed by atoms with Gasteiger partial charge in [-0.05, 0) is 24.3 Å². The molecule has 1 aromatic carbocycles. The van der Waals surface area contributed by atoms with Crippen molar-refractivity contribution in [3.05, 3.63) is 77.0 Å². The number of halogens is 1. The Kier molecular flexibility index (Phi) is 4.88. The fourth-order valence-electron chi connectivity index (χ4n) is 2.99. The maximum absolute atomic E-state index is 12.8. The molecule has 29 heavy (non-hydrogen) atoms. The van der Waals surface area contributed by atoms with Gasteiger partial charge in [0.15, 0.2) is 5.65 Å². The van der Waals surface area contributed by atoms with Crippen molar-refractivity contribution in [2.75, 3.05) is 0 Å². The second kappa shape index (κ2) is 7.37. The van der Waals surface area contributed by atoms with E-state index in [1.807, 2.05) is 30.3 Å². The summed E-state index contributed by atoms with van der Waals surface area (Å²) < 4.78 is 7.01. The number of nitrogens with zero attached hydrogens (tertiary/aromatic N) is 3. The van der Waals surface area contributed by atoms with E-state index in [1.54, 1.807) is 29.0 Å². The Balaban J connectivity index is 1.81. The van der Waals surface area contributed by atoms with Crippen LogP contribution in [0.3, 0.4) is 0 Å². The van der Waals surface area contributed by atoms with Crippen molar-refractivity contribution >= 4 is 23.2 Å². The molecule has 0 atom stereocenters. The Bertz CT molecular complexity index is 1170. The number of hydrogen-bond donors (Lipinski definition) is 1. The number of carbonyl (C=O) groups excluding carboxylic acids is 1. The molecule has 0 aliphatic carbocycles. The van der Waals surface area contributed by atoms with Gasteiger partial charge in [-0.1, -0.05) is 50.6 Å². The van der Waals surface area contributed by atoms with Crippen molar-refractivity contribution in [2.24, 2.45) is 0 Å². The van der Waals surface area contributed by atoms with Gasteiger partial charge in [0.25, 0.3) is 5.91 Å². The van der Waals surface area contributed by atoms with Gasteiger partial charge < -0.3 is 9.73 Å². The van der Waals surface area contributed by atoms with Crippen molar-refractivity contribution in [1.29, 1.82) is 0 Å². The summed E-state index contributed by atoms with van der Waals surface area (Å²) in [5.41, 5.74) is 3.10. The molecule has 4 aromatic rings. The summed E-state index contributed by atoms with van der Waals surface area (Å²) in [6.07, 6.45) is 1.57. The van der Waals surface area contributed by atoms with E-state index in [4.69, 9.17) is 21.1 Å². The van der Waals surface area contributed by atoms with Crippen LogP contribution in [0.2, 0.25) is 5.02 Å². The van der Waals surface area contributed by atoms with E-state index < -0.39 is 0 Å². The lowest BCUT2D eigenvalue weighted by atomic mass is 9.93. The number of carbonyl (C=O) groups is 1. The first-order valence-corrected chi connectivity index (χ1v) is 9.67. The molecule has 0 fully saturated rings. The highest BCUT2D eigenvalue weighted by Gasteiger charge is 2.22. The largest absolute Gasteiger partial charge is 0.467 e. The van der Waals surface area contributed by atoms with Crippen LogP contribution in [0.5, 0.6) is 0 Å². The standard InChI is InChI=1S/C22H21ClN4O2/c1-22(2,3)19-12-20-25-17(21(28)24-13-14-7-6-10-29-14)11-18(27(20)26-19)15-8-4-5-9-16(15)23/h4-12H,13H2,1-3H3,(H,24,28). The third-order valence-electron chi connectivity index (χ3n) is 4.58. The highest BCUT2D eigenvalue weighted by atomic mass is 35.5. The van der Waals surface area contributed by atoms with Crippen LogP contribution in [0, 0.1) is 0 Å². The van der Waals surface area contributed by atoms with Crippen molar-refractivity contribution in [1.82, 2.24) is 19.9 Å². The molecule has 3 heterocycles. The molecule has 0 aliphatic rings. The van der Waals surface area contributed by atoms with E-state index >= 15 is 0 Å². The summed E-state index contributed by atoms with van der Waals surface area (Å²) in [5.74, 6) is 0.376. The monoisotopic (exact) mass is 408 g/mol. The molecule has 0 unspecified atom stereocenters. The van der Waals surface area contributed by atoms with Crippen LogP contribution in [0.25, 0.3) is 16.9 Å². The minimum atomic E-state index is -0.296. The Labute approximate surface area is 173 Å². The minimum Gasteiger partial charge on any atom is -0.467 e. The van der Waals surface area contributed by atoms with Gasteiger partial charge in [0, 0.05) is 22.1 Å². The molecule has 0 saturated heterocycles. The quantitative estimate of drug-likeness (QED) is 0.522. The van der Waals surface area contributed by atoms with Gasteiger partial charge in [-0.2, -0.15) is 5.10 Å². The number of furan rings is 1. The van der Waals surface area contributed by atoms with E-state index in [1.165, 1.54) is 0 Å². The van der Waals surface area contributed by atoms with Gasteiger partial charge in [0.2, 0.25) is 0 Å². The second-order valence-corrected chi connectivity index (χ2v) is 8.23. The summed E-state index contributed by atoms with van der Waals surface area (Å²) in [5, 5.41) is 8.15. The average Bonchev–Trinajstić information content (AvgIpc) is 3.35. The summed E-state index contributed by atoms with van der Waals surface area (Å²) in [6, 6.07) is 14.7. The average molecular weight is 409 g/mol. The van der Waals surface area contributed by atoms with Crippen LogP contribution < -0.4 is 5.32 Å². The third kappa shape index (κ3) is 3.89. The zero-order chi connectivity index (χ0) is 20.6. The molecule has 7 heteroatoms. The first-order valence-electron chi connectivity index (χ1n) is 9.30. The topological polar surface area (TPSA) is 72.4 Å². The zero-order valence-corrected chi connectivity index (χ0v) is 17.2. The molecule has 6 nitrogen and oxygen atoms in total. The number of nitrogens with one attached hydrogen (secondary N) is 1. The van der Waals surface area contributed by atoms with E-state index in [0.29, 0.717) is 27.8 Å². The first kappa shape index (κ1) is 19.2. The molecule has 0 saturated carbocycles. The number of benzene rings is 1. The summed E-state index contributed by atoms with van der Waals surface area (Å²) in [6.45, 7) is 6.54. The fourth-order valence-corrected chi connectivity index (χ4v) is 3.22. The number of amides is 1. The smallest absolute Gasteiger partial charge is 0.270 e. The highest BCUT2D eigenvalue weighted by molar-refractivity contribution is 6.33. The van der Waals surface area contributed by atoms with Crippen LogP contribution in [-0.2, 0) is 12.0 Å². The predicted molar refractivity (Wildman–Crippen MR) is 112 cm³/mol. The molecule has 3 aromatic heterocycles. The normalized spacial score (nSPS) is 11.7. The molecule has 1 N–H and O–H groups in total. The number of fused-ring (bicyclic) bond motifs is 1.